The van der Waals surface area contributed by atoms with Gasteiger partial charge in [0.1, 0.15) is 17.9 Å². The Labute approximate surface area is 168 Å². The number of halogens is 3. The normalized spacial score (nSPS) is 17.4. The second-order valence-corrected chi connectivity index (χ2v) is 7.49. The number of aromatic nitrogens is 1. The van der Waals surface area contributed by atoms with Crippen molar-refractivity contribution in [1.29, 1.82) is 0 Å². The Morgan fingerprint density at radius 1 is 1.00 bits per heavy atom. The lowest BCUT2D eigenvalue weighted by Gasteiger charge is -2.38. The third kappa shape index (κ3) is 4.22. The van der Waals surface area contributed by atoms with Gasteiger partial charge >= 0.3 is 6.18 Å². The molecule has 4 rings (SSSR count). The van der Waals surface area contributed by atoms with Crippen molar-refractivity contribution in [2.24, 2.45) is 0 Å². The smallest absolute Gasteiger partial charge is 0.408 e. The molecule has 3 nitrogen and oxygen atoms in total. The first-order valence-corrected chi connectivity index (χ1v) is 9.80. The SMILES string of the molecule is Cc1cccc2c(OC3CCN(C(c4ccccc4)C(F)(F)F)CC3)ccnc12. The van der Waals surface area contributed by atoms with Gasteiger partial charge in [-0.2, -0.15) is 13.2 Å². The number of alkyl halides is 3. The fourth-order valence-corrected chi connectivity index (χ4v) is 4.07. The maximum absolute atomic E-state index is 13.8. The molecule has 1 saturated heterocycles. The zero-order valence-electron chi connectivity index (χ0n) is 16.2. The molecule has 0 radical (unpaired) electrons. The molecule has 29 heavy (non-hydrogen) atoms. The molecule has 2 aromatic carbocycles. The van der Waals surface area contributed by atoms with E-state index < -0.39 is 12.2 Å². The van der Waals surface area contributed by atoms with E-state index in [1.807, 2.05) is 31.2 Å². The predicted molar refractivity (Wildman–Crippen MR) is 107 cm³/mol. The van der Waals surface area contributed by atoms with Crippen LogP contribution in [0.4, 0.5) is 13.2 Å². The van der Waals surface area contributed by atoms with Crippen LogP contribution in [0.15, 0.2) is 60.8 Å². The van der Waals surface area contributed by atoms with Gasteiger partial charge in [-0.15, -0.1) is 0 Å². The minimum Gasteiger partial charge on any atom is -0.490 e. The molecule has 6 heteroatoms. The summed E-state index contributed by atoms with van der Waals surface area (Å²) in [4.78, 5) is 5.93. The van der Waals surface area contributed by atoms with Gasteiger partial charge in [-0.05, 0) is 43.0 Å². The fraction of sp³-hybridized carbons (Fsp3) is 0.348. The maximum Gasteiger partial charge on any atom is 0.408 e. The van der Waals surface area contributed by atoms with Crippen LogP contribution in [0.2, 0.25) is 0 Å². The largest absolute Gasteiger partial charge is 0.490 e. The molecule has 1 aliphatic rings. The van der Waals surface area contributed by atoms with Crippen LogP contribution in [-0.4, -0.2) is 35.3 Å². The van der Waals surface area contributed by atoms with Crippen LogP contribution in [-0.2, 0) is 0 Å². The Hall–Kier alpha value is -2.60. The molecular weight excluding hydrogens is 377 g/mol. The van der Waals surface area contributed by atoms with E-state index in [0.717, 1.165) is 22.2 Å². The monoisotopic (exact) mass is 400 g/mol. The van der Waals surface area contributed by atoms with Crippen LogP contribution in [0.25, 0.3) is 10.9 Å². The van der Waals surface area contributed by atoms with Crippen LogP contribution < -0.4 is 4.74 Å². The first-order valence-electron chi connectivity index (χ1n) is 9.80. The molecule has 2 heterocycles. The van der Waals surface area contributed by atoms with Gasteiger partial charge in [0.05, 0.1) is 5.52 Å². The summed E-state index contributed by atoms with van der Waals surface area (Å²) in [5.41, 5.74) is 2.25. The number of pyridine rings is 1. The zero-order valence-corrected chi connectivity index (χ0v) is 16.2. The summed E-state index contributed by atoms with van der Waals surface area (Å²) < 4.78 is 47.5. The van der Waals surface area contributed by atoms with Crippen LogP contribution in [0.1, 0.15) is 30.0 Å². The minimum atomic E-state index is -4.31. The van der Waals surface area contributed by atoms with Crippen molar-refractivity contribution in [3.05, 3.63) is 71.9 Å². The average molecular weight is 400 g/mol. The van der Waals surface area contributed by atoms with Crippen LogP contribution in [0.5, 0.6) is 5.75 Å². The number of fused-ring (bicyclic) bond motifs is 1. The van der Waals surface area contributed by atoms with Crippen LogP contribution in [0.3, 0.4) is 0 Å². The summed E-state index contributed by atoms with van der Waals surface area (Å²) in [7, 11) is 0. The molecule has 0 bridgehead atoms. The number of hydrogen-bond acceptors (Lipinski definition) is 3. The molecule has 1 atom stereocenters. The summed E-state index contributed by atoms with van der Waals surface area (Å²) in [6, 6.07) is 14.3. The maximum atomic E-state index is 13.8. The number of aryl methyl sites for hydroxylation is 1. The highest BCUT2D eigenvalue weighted by Crippen LogP contribution is 2.39. The Morgan fingerprint density at radius 2 is 1.72 bits per heavy atom. The highest BCUT2D eigenvalue weighted by atomic mass is 19.4. The molecule has 3 aromatic rings. The highest BCUT2D eigenvalue weighted by Gasteiger charge is 2.45. The molecule has 1 aliphatic heterocycles. The lowest BCUT2D eigenvalue weighted by Crippen LogP contribution is -2.45. The first-order chi connectivity index (χ1) is 13.9. The standard InChI is InChI=1S/C23H23F3N2O/c1-16-6-5-9-19-20(10-13-27-21(16)19)29-18-11-14-28(15-12-18)22(23(24,25)26)17-7-3-2-4-8-17/h2-10,13,18,22H,11-12,14-15H2,1H3. The Kier molecular flexibility index (Phi) is 5.46. The van der Waals surface area contributed by atoms with Gasteiger partial charge in [0, 0.05) is 24.7 Å². The number of benzene rings is 2. The minimum absolute atomic E-state index is 0.109. The Morgan fingerprint density at radius 3 is 2.41 bits per heavy atom. The predicted octanol–water partition coefficient (Wildman–Crippen LogP) is 5.69. The quantitative estimate of drug-likeness (QED) is 0.563. The van der Waals surface area contributed by atoms with Gasteiger partial charge in [0.2, 0.25) is 0 Å². The molecule has 152 valence electrons. The van der Waals surface area contributed by atoms with E-state index >= 15 is 0 Å². The third-order valence-corrected chi connectivity index (χ3v) is 5.49. The molecule has 0 amide bonds. The molecule has 0 spiro atoms. The first kappa shape index (κ1) is 19.7. The summed E-state index contributed by atoms with van der Waals surface area (Å²) in [5, 5.41) is 0.937. The van der Waals surface area contributed by atoms with Crippen molar-refractivity contribution in [2.45, 2.75) is 38.1 Å². The van der Waals surface area contributed by atoms with Crippen molar-refractivity contribution in [1.82, 2.24) is 9.88 Å². The number of likely N-dealkylation sites (tertiary alicyclic amines) is 1. The summed E-state index contributed by atoms with van der Waals surface area (Å²) >= 11 is 0. The van der Waals surface area contributed by atoms with Crippen molar-refractivity contribution < 1.29 is 17.9 Å². The lowest BCUT2D eigenvalue weighted by molar-refractivity contribution is -0.190. The fourth-order valence-electron chi connectivity index (χ4n) is 4.07. The topological polar surface area (TPSA) is 25.4 Å². The van der Waals surface area contributed by atoms with Crippen molar-refractivity contribution in [2.75, 3.05) is 13.1 Å². The van der Waals surface area contributed by atoms with E-state index in [0.29, 0.717) is 25.9 Å². The molecule has 1 aromatic heterocycles. The van der Waals surface area contributed by atoms with Gasteiger partial charge in [-0.3, -0.25) is 9.88 Å². The second kappa shape index (κ2) is 8.03. The van der Waals surface area contributed by atoms with E-state index in [1.165, 1.54) is 4.90 Å². The molecule has 0 N–H and O–H groups in total. The Balaban J connectivity index is 1.48. The molecule has 1 fully saturated rings. The second-order valence-electron chi connectivity index (χ2n) is 7.49. The molecule has 1 unspecified atom stereocenters. The van der Waals surface area contributed by atoms with E-state index in [4.69, 9.17) is 4.74 Å². The lowest BCUT2D eigenvalue weighted by atomic mass is 10.00. The van der Waals surface area contributed by atoms with E-state index in [9.17, 15) is 13.2 Å². The van der Waals surface area contributed by atoms with Crippen LogP contribution in [0, 0.1) is 6.92 Å². The number of hydrogen-bond donors (Lipinski definition) is 0. The van der Waals surface area contributed by atoms with Crippen molar-refractivity contribution in [3.63, 3.8) is 0 Å². The summed E-state index contributed by atoms with van der Waals surface area (Å²) in [6.07, 6.45) is -1.60. The summed E-state index contributed by atoms with van der Waals surface area (Å²) in [6.45, 7) is 2.68. The highest BCUT2D eigenvalue weighted by molar-refractivity contribution is 5.87. The van der Waals surface area contributed by atoms with Crippen molar-refractivity contribution in [3.8, 4) is 5.75 Å². The number of para-hydroxylation sites is 1. The Bertz CT molecular complexity index is 967. The van der Waals surface area contributed by atoms with Crippen molar-refractivity contribution >= 4 is 10.9 Å². The van der Waals surface area contributed by atoms with Gasteiger partial charge < -0.3 is 4.74 Å². The van der Waals surface area contributed by atoms with Gasteiger partial charge in [-0.25, -0.2) is 0 Å². The molecular formula is C23H23F3N2O. The summed E-state index contributed by atoms with van der Waals surface area (Å²) in [5.74, 6) is 0.743. The van der Waals surface area contributed by atoms with E-state index in [-0.39, 0.29) is 11.7 Å². The van der Waals surface area contributed by atoms with Crippen LogP contribution >= 0.6 is 0 Å². The number of nitrogens with zero attached hydrogens (tertiary/aromatic N) is 2. The van der Waals surface area contributed by atoms with Gasteiger partial charge in [0.25, 0.3) is 0 Å². The van der Waals surface area contributed by atoms with E-state index in [2.05, 4.69) is 4.98 Å². The molecule has 0 aliphatic carbocycles. The number of ether oxygens (including phenoxy) is 1. The molecule has 0 saturated carbocycles. The van der Waals surface area contributed by atoms with Gasteiger partial charge in [-0.1, -0.05) is 42.5 Å². The van der Waals surface area contributed by atoms with Gasteiger partial charge in [0.15, 0.2) is 0 Å². The van der Waals surface area contributed by atoms with E-state index in [1.54, 1.807) is 36.5 Å². The number of piperidine rings is 1. The average Bonchev–Trinajstić information content (AvgIpc) is 2.70. The number of rotatable bonds is 4. The zero-order chi connectivity index (χ0) is 20.4. The third-order valence-electron chi connectivity index (χ3n) is 5.49.